The number of aromatic nitrogens is 2. The van der Waals surface area contributed by atoms with Gasteiger partial charge in [-0.2, -0.15) is 0 Å². The van der Waals surface area contributed by atoms with Crippen LogP contribution in [-0.2, 0) is 16.4 Å². The number of rotatable bonds is 4. The third kappa shape index (κ3) is 3.60. The summed E-state index contributed by atoms with van der Waals surface area (Å²) in [5, 5.41) is 0.452. The van der Waals surface area contributed by atoms with Gasteiger partial charge in [-0.05, 0) is 42.5 Å². The highest BCUT2D eigenvalue weighted by Gasteiger charge is 2.15. The summed E-state index contributed by atoms with van der Waals surface area (Å²) in [6, 6.07) is 11.7. The van der Waals surface area contributed by atoms with Crippen molar-refractivity contribution in [1.82, 2.24) is 9.55 Å². The minimum Gasteiger partial charge on any atom is -0.298 e. The SMILES string of the molecule is O=c1c2cc(Br)ccc2ncn1CCS(=O)(=O)c1ccc(Br)cc1. The zero-order chi connectivity index (χ0) is 17.3. The van der Waals surface area contributed by atoms with Gasteiger partial charge in [0, 0.05) is 15.5 Å². The number of hydrogen-bond donors (Lipinski definition) is 0. The summed E-state index contributed by atoms with van der Waals surface area (Å²) in [7, 11) is -3.47. The van der Waals surface area contributed by atoms with E-state index in [1.807, 2.05) is 0 Å². The minimum atomic E-state index is -3.47. The maximum atomic E-state index is 12.5. The molecule has 2 aromatic carbocycles. The van der Waals surface area contributed by atoms with E-state index in [2.05, 4.69) is 36.8 Å². The lowest BCUT2D eigenvalue weighted by atomic mass is 10.2. The first kappa shape index (κ1) is 17.3. The van der Waals surface area contributed by atoms with E-state index >= 15 is 0 Å². The van der Waals surface area contributed by atoms with Gasteiger partial charge in [0.25, 0.3) is 5.56 Å². The summed E-state index contributed by atoms with van der Waals surface area (Å²) >= 11 is 6.60. The van der Waals surface area contributed by atoms with Crippen molar-refractivity contribution < 1.29 is 8.42 Å². The van der Waals surface area contributed by atoms with Crippen molar-refractivity contribution in [3.63, 3.8) is 0 Å². The Morgan fingerprint density at radius 2 is 1.67 bits per heavy atom. The van der Waals surface area contributed by atoms with Gasteiger partial charge in [0.15, 0.2) is 9.84 Å². The molecule has 1 heterocycles. The molecule has 24 heavy (non-hydrogen) atoms. The van der Waals surface area contributed by atoms with Gasteiger partial charge in [-0.1, -0.05) is 31.9 Å². The Labute approximate surface area is 155 Å². The molecule has 0 aliphatic heterocycles. The smallest absolute Gasteiger partial charge is 0.261 e. The van der Waals surface area contributed by atoms with Gasteiger partial charge in [-0.25, -0.2) is 13.4 Å². The third-order valence-corrected chi connectivity index (χ3v) is 6.29. The maximum Gasteiger partial charge on any atom is 0.261 e. The van der Waals surface area contributed by atoms with Crippen molar-refractivity contribution in [2.45, 2.75) is 11.4 Å². The van der Waals surface area contributed by atoms with E-state index in [9.17, 15) is 13.2 Å². The summed E-state index contributed by atoms with van der Waals surface area (Å²) < 4.78 is 27.7. The van der Waals surface area contributed by atoms with Gasteiger partial charge >= 0.3 is 0 Å². The second kappa shape index (κ2) is 6.78. The summed E-state index contributed by atoms with van der Waals surface area (Å²) in [6.45, 7) is 0.0483. The molecule has 0 saturated carbocycles. The van der Waals surface area contributed by atoms with Gasteiger partial charge in [-0.3, -0.25) is 9.36 Å². The fourth-order valence-electron chi connectivity index (χ4n) is 2.27. The maximum absolute atomic E-state index is 12.5. The van der Waals surface area contributed by atoms with Crippen LogP contribution in [0.2, 0.25) is 0 Å². The molecule has 124 valence electrons. The van der Waals surface area contributed by atoms with Crippen LogP contribution in [0, 0.1) is 0 Å². The molecular formula is C16H12Br2N2O3S. The molecular weight excluding hydrogens is 460 g/mol. The molecule has 0 amide bonds. The van der Waals surface area contributed by atoms with Gasteiger partial charge in [0.2, 0.25) is 0 Å². The van der Waals surface area contributed by atoms with E-state index in [1.54, 1.807) is 30.3 Å². The minimum absolute atomic E-state index is 0.0483. The van der Waals surface area contributed by atoms with E-state index < -0.39 is 9.84 Å². The number of fused-ring (bicyclic) bond motifs is 1. The van der Waals surface area contributed by atoms with E-state index in [-0.39, 0.29) is 22.8 Å². The number of hydrogen-bond acceptors (Lipinski definition) is 4. The van der Waals surface area contributed by atoms with Crippen molar-refractivity contribution in [2.75, 3.05) is 5.75 Å². The monoisotopic (exact) mass is 470 g/mol. The molecule has 0 unspecified atom stereocenters. The molecule has 3 aromatic rings. The summed E-state index contributed by atoms with van der Waals surface area (Å²) in [5.74, 6) is -0.171. The van der Waals surface area contributed by atoms with Crippen molar-refractivity contribution >= 4 is 52.6 Å². The lowest BCUT2D eigenvalue weighted by Gasteiger charge is -2.08. The lowest BCUT2D eigenvalue weighted by Crippen LogP contribution is -2.24. The lowest BCUT2D eigenvalue weighted by molar-refractivity contribution is 0.586. The molecule has 0 aliphatic rings. The number of nitrogens with zero attached hydrogens (tertiary/aromatic N) is 2. The Morgan fingerprint density at radius 3 is 2.38 bits per heavy atom. The Balaban J connectivity index is 1.89. The van der Waals surface area contributed by atoms with E-state index in [1.165, 1.54) is 23.0 Å². The fourth-order valence-corrected chi connectivity index (χ4v) is 4.12. The zero-order valence-corrected chi connectivity index (χ0v) is 16.3. The molecule has 1 aromatic heterocycles. The van der Waals surface area contributed by atoms with E-state index in [0.717, 1.165) is 8.95 Å². The summed E-state index contributed by atoms with van der Waals surface area (Å²) in [5.41, 5.74) is 0.322. The first-order valence-electron chi connectivity index (χ1n) is 7.00. The molecule has 0 bridgehead atoms. The highest BCUT2D eigenvalue weighted by atomic mass is 79.9. The van der Waals surface area contributed by atoms with Crippen molar-refractivity contribution in [3.05, 3.63) is 68.1 Å². The van der Waals surface area contributed by atoms with Crippen LogP contribution in [0.1, 0.15) is 0 Å². The van der Waals surface area contributed by atoms with Gasteiger partial charge in [0.05, 0.1) is 27.9 Å². The fraction of sp³-hybridized carbons (Fsp3) is 0.125. The highest BCUT2D eigenvalue weighted by molar-refractivity contribution is 9.10. The molecule has 0 radical (unpaired) electrons. The second-order valence-electron chi connectivity index (χ2n) is 5.18. The second-order valence-corrected chi connectivity index (χ2v) is 9.12. The van der Waals surface area contributed by atoms with Crippen LogP contribution in [0.4, 0.5) is 0 Å². The number of sulfone groups is 1. The van der Waals surface area contributed by atoms with Crippen LogP contribution < -0.4 is 5.56 Å². The molecule has 0 spiro atoms. The normalized spacial score (nSPS) is 11.8. The third-order valence-electron chi connectivity index (χ3n) is 3.56. The molecule has 0 saturated heterocycles. The first-order valence-corrected chi connectivity index (χ1v) is 10.2. The average Bonchev–Trinajstić information content (AvgIpc) is 2.55. The predicted octanol–water partition coefficient (Wildman–Crippen LogP) is 3.40. The van der Waals surface area contributed by atoms with E-state index in [4.69, 9.17) is 0 Å². The number of halogens is 2. The van der Waals surface area contributed by atoms with Crippen LogP contribution in [0.25, 0.3) is 10.9 Å². The molecule has 0 fully saturated rings. The number of benzene rings is 2. The van der Waals surface area contributed by atoms with Crippen LogP contribution in [0.5, 0.6) is 0 Å². The molecule has 0 aliphatic carbocycles. The largest absolute Gasteiger partial charge is 0.298 e. The van der Waals surface area contributed by atoms with Crippen molar-refractivity contribution in [3.8, 4) is 0 Å². The quantitative estimate of drug-likeness (QED) is 0.584. The zero-order valence-electron chi connectivity index (χ0n) is 12.3. The van der Waals surface area contributed by atoms with Crippen molar-refractivity contribution in [1.29, 1.82) is 0 Å². The molecule has 5 nitrogen and oxygen atoms in total. The van der Waals surface area contributed by atoms with Gasteiger partial charge in [-0.15, -0.1) is 0 Å². The Morgan fingerprint density at radius 1 is 1.00 bits per heavy atom. The molecule has 0 N–H and O–H groups in total. The molecule has 0 atom stereocenters. The molecule has 3 rings (SSSR count). The highest BCUT2D eigenvalue weighted by Crippen LogP contribution is 2.17. The average molecular weight is 472 g/mol. The Hall–Kier alpha value is -1.51. The first-order chi connectivity index (χ1) is 11.4. The Bertz CT molecular complexity index is 1060. The standard InChI is InChI=1S/C16H12Br2N2O3S/c17-11-1-4-13(5-2-11)24(22,23)8-7-20-10-19-15-6-3-12(18)9-14(15)16(20)21/h1-6,9-10H,7-8H2. The molecule has 8 heteroatoms. The summed E-state index contributed by atoms with van der Waals surface area (Å²) in [6.07, 6.45) is 1.38. The van der Waals surface area contributed by atoms with Crippen LogP contribution in [0.3, 0.4) is 0 Å². The van der Waals surface area contributed by atoms with Gasteiger partial charge in [0.1, 0.15) is 0 Å². The summed E-state index contributed by atoms with van der Waals surface area (Å²) in [4.78, 5) is 16.9. The number of aryl methyl sites for hydroxylation is 1. The van der Waals surface area contributed by atoms with E-state index in [0.29, 0.717) is 10.9 Å². The van der Waals surface area contributed by atoms with Crippen LogP contribution in [-0.4, -0.2) is 23.7 Å². The Kier molecular flexibility index (Phi) is 4.89. The van der Waals surface area contributed by atoms with Crippen molar-refractivity contribution in [2.24, 2.45) is 0 Å². The van der Waals surface area contributed by atoms with Gasteiger partial charge < -0.3 is 0 Å². The van der Waals surface area contributed by atoms with Crippen LogP contribution >= 0.6 is 31.9 Å². The predicted molar refractivity (Wildman–Crippen MR) is 99.9 cm³/mol. The topological polar surface area (TPSA) is 69.0 Å². The van der Waals surface area contributed by atoms with Crippen LogP contribution in [0.15, 0.2) is 67.4 Å².